The van der Waals surface area contributed by atoms with Crippen molar-refractivity contribution >= 4 is 16.9 Å². The van der Waals surface area contributed by atoms with Crippen molar-refractivity contribution in [2.75, 3.05) is 6.61 Å². The number of aromatic amines is 1. The van der Waals surface area contributed by atoms with Gasteiger partial charge in [-0.15, -0.1) is 6.42 Å². The first-order chi connectivity index (χ1) is 7.81. The molecule has 0 unspecified atom stereocenters. The van der Waals surface area contributed by atoms with Crippen molar-refractivity contribution in [1.29, 1.82) is 0 Å². The lowest BCUT2D eigenvalue weighted by molar-refractivity contribution is -0.141. The summed E-state index contributed by atoms with van der Waals surface area (Å²) in [6, 6.07) is 7.81. The number of fused-ring (bicyclic) bond motifs is 1. The molecule has 2 rings (SSSR count). The summed E-state index contributed by atoms with van der Waals surface area (Å²) in [5.74, 6) is 1.96. The van der Waals surface area contributed by atoms with Crippen LogP contribution in [0.15, 0.2) is 30.5 Å². The number of aromatic nitrogens is 1. The second kappa shape index (κ2) is 4.54. The van der Waals surface area contributed by atoms with Gasteiger partial charge >= 0.3 is 5.97 Å². The molecule has 0 fully saturated rings. The van der Waals surface area contributed by atoms with Gasteiger partial charge in [-0.2, -0.15) is 0 Å². The fourth-order valence-electron chi connectivity index (χ4n) is 1.61. The predicted octanol–water partition coefficient (Wildman–Crippen LogP) is 1.89. The van der Waals surface area contributed by atoms with E-state index in [1.54, 1.807) is 0 Å². The summed E-state index contributed by atoms with van der Waals surface area (Å²) in [6.07, 6.45) is 7.07. The Morgan fingerprint density at radius 2 is 2.25 bits per heavy atom. The zero-order chi connectivity index (χ0) is 11.4. The van der Waals surface area contributed by atoms with Crippen molar-refractivity contribution in [2.24, 2.45) is 0 Å². The molecule has 0 aliphatic heterocycles. The van der Waals surface area contributed by atoms with E-state index in [0.29, 0.717) is 0 Å². The topological polar surface area (TPSA) is 42.1 Å². The molecule has 0 aliphatic carbocycles. The highest BCUT2D eigenvalue weighted by molar-refractivity contribution is 5.87. The van der Waals surface area contributed by atoms with Gasteiger partial charge in [0.1, 0.15) is 0 Å². The molecule has 0 amide bonds. The number of hydrogen-bond acceptors (Lipinski definition) is 2. The van der Waals surface area contributed by atoms with Gasteiger partial charge in [0.15, 0.2) is 6.61 Å². The minimum atomic E-state index is -0.303. The van der Waals surface area contributed by atoms with Crippen molar-refractivity contribution in [2.45, 2.75) is 6.42 Å². The molecule has 0 saturated heterocycles. The first-order valence-corrected chi connectivity index (χ1v) is 4.95. The van der Waals surface area contributed by atoms with E-state index in [1.165, 1.54) is 0 Å². The Morgan fingerprint density at radius 1 is 1.44 bits per heavy atom. The van der Waals surface area contributed by atoms with Gasteiger partial charge in [-0.05, 0) is 11.6 Å². The van der Waals surface area contributed by atoms with Gasteiger partial charge in [-0.25, -0.2) is 0 Å². The summed E-state index contributed by atoms with van der Waals surface area (Å²) < 4.78 is 4.82. The zero-order valence-electron chi connectivity index (χ0n) is 8.69. The van der Waals surface area contributed by atoms with Gasteiger partial charge in [-0.1, -0.05) is 24.1 Å². The van der Waals surface area contributed by atoms with Gasteiger partial charge in [0.25, 0.3) is 0 Å². The molecule has 1 heterocycles. The number of carbonyl (C=O) groups is 1. The van der Waals surface area contributed by atoms with Crippen LogP contribution in [0.25, 0.3) is 10.9 Å². The summed E-state index contributed by atoms with van der Waals surface area (Å²) in [4.78, 5) is 14.5. The smallest absolute Gasteiger partial charge is 0.311 e. The zero-order valence-corrected chi connectivity index (χ0v) is 8.69. The van der Waals surface area contributed by atoms with E-state index in [2.05, 4.69) is 10.9 Å². The molecule has 2 aromatic rings. The van der Waals surface area contributed by atoms with E-state index in [0.717, 1.165) is 16.5 Å². The van der Waals surface area contributed by atoms with Crippen LogP contribution in [-0.2, 0) is 16.0 Å². The maximum absolute atomic E-state index is 11.4. The number of benzene rings is 1. The largest absolute Gasteiger partial charge is 0.452 e. The minimum Gasteiger partial charge on any atom is -0.452 e. The lowest BCUT2D eigenvalue weighted by Gasteiger charge is -1.99. The molecule has 0 saturated carbocycles. The number of nitrogens with one attached hydrogen (secondary N) is 1. The van der Waals surface area contributed by atoms with Crippen molar-refractivity contribution in [3.05, 3.63) is 36.0 Å². The molecule has 0 spiro atoms. The van der Waals surface area contributed by atoms with Crippen molar-refractivity contribution < 1.29 is 9.53 Å². The molecule has 1 aromatic heterocycles. The lowest BCUT2D eigenvalue weighted by Crippen LogP contribution is -2.07. The molecule has 3 nitrogen and oxygen atoms in total. The Labute approximate surface area is 93.4 Å². The van der Waals surface area contributed by atoms with Crippen molar-refractivity contribution in [3.63, 3.8) is 0 Å². The van der Waals surface area contributed by atoms with Crippen LogP contribution in [0.3, 0.4) is 0 Å². The molecule has 80 valence electrons. The third-order valence-corrected chi connectivity index (χ3v) is 2.33. The second-order valence-corrected chi connectivity index (χ2v) is 3.40. The predicted molar refractivity (Wildman–Crippen MR) is 61.8 cm³/mol. The van der Waals surface area contributed by atoms with Gasteiger partial charge in [0.2, 0.25) is 0 Å². The lowest BCUT2D eigenvalue weighted by atomic mass is 10.1. The maximum Gasteiger partial charge on any atom is 0.311 e. The summed E-state index contributed by atoms with van der Waals surface area (Å²) in [7, 11) is 0. The number of hydrogen-bond donors (Lipinski definition) is 1. The van der Waals surface area contributed by atoms with Gasteiger partial charge in [-0.3, -0.25) is 4.79 Å². The SMILES string of the molecule is C#CCOC(=O)Cc1c[nH]c2ccccc12. The molecular weight excluding hydrogens is 202 g/mol. The third-order valence-electron chi connectivity index (χ3n) is 2.33. The molecule has 0 radical (unpaired) electrons. The number of esters is 1. The number of terminal acetylenes is 1. The number of H-pyrrole nitrogens is 1. The van der Waals surface area contributed by atoms with E-state index in [1.807, 2.05) is 30.5 Å². The molecule has 0 aliphatic rings. The van der Waals surface area contributed by atoms with E-state index < -0.39 is 0 Å². The summed E-state index contributed by atoms with van der Waals surface area (Å²) in [5.41, 5.74) is 1.94. The number of rotatable bonds is 3. The van der Waals surface area contributed by atoms with Gasteiger partial charge in [0, 0.05) is 17.1 Å². The first-order valence-electron chi connectivity index (χ1n) is 4.95. The fourth-order valence-corrected chi connectivity index (χ4v) is 1.61. The summed E-state index contributed by atoms with van der Waals surface area (Å²) in [5, 5.41) is 1.04. The van der Waals surface area contributed by atoms with Crippen LogP contribution in [0.1, 0.15) is 5.56 Å². The molecule has 1 aromatic carbocycles. The Hall–Kier alpha value is -2.21. The van der Waals surface area contributed by atoms with E-state index in [9.17, 15) is 4.79 Å². The maximum atomic E-state index is 11.4. The Morgan fingerprint density at radius 3 is 3.06 bits per heavy atom. The first kappa shape index (κ1) is 10.3. The highest BCUT2D eigenvalue weighted by atomic mass is 16.5. The van der Waals surface area contributed by atoms with Crippen LogP contribution < -0.4 is 0 Å². The monoisotopic (exact) mass is 213 g/mol. The average Bonchev–Trinajstić information content (AvgIpc) is 2.70. The highest BCUT2D eigenvalue weighted by Gasteiger charge is 2.08. The van der Waals surface area contributed by atoms with Gasteiger partial charge in [0.05, 0.1) is 6.42 Å². The third kappa shape index (κ3) is 2.06. The Balaban J connectivity index is 2.16. The van der Waals surface area contributed by atoms with Crippen LogP contribution in [0, 0.1) is 12.3 Å². The number of ether oxygens (including phenoxy) is 1. The van der Waals surface area contributed by atoms with E-state index in [4.69, 9.17) is 11.2 Å². The Bertz CT molecular complexity index is 548. The molecule has 1 N–H and O–H groups in total. The van der Waals surface area contributed by atoms with Crippen LogP contribution >= 0.6 is 0 Å². The van der Waals surface area contributed by atoms with E-state index >= 15 is 0 Å². The van der Waals surface area contributed by atoms with Crippen LogP contribution in [-0.4, -0.2) is 17.6 Å². The number of carbonyl (C=O) groups excluding carboxylic acids is 1. The average molecular weight is 213 g/mol. The normalized spacial score (nSPS) is 9.94. The number of para-hydroxylation sites is 1. The molecule has 0 atom stereocenters. The molecule has 3 heteroatoms. The minimum absolute atomic E-state index is 0.0290. The second-order valence-electron chi connectivity index (χ2n) is 3.40. The van der Waals surface area contributed by atoms with Gasteiger partial charge < -0.3 is 9.72 Å². The standard InChI is InChI=1S/C13H11NO2/c1-2-7-16-13(15)8-10-9-14-12-6-4-3-5-11(10)12/h1,3-6,9,14H,7-8H2. The fraction of sp³-hybridized carbons (Fsp3) is 0.154. The van der Waals surface area contributed by atoms with Crippen molar-refractivity contribution in [3.8, 4) is 12.3 Å². The van der Waals surface area contributed by atoms with Crippen LogP contribution in [0.2, 0.25) is 0 Å². The molecule has 0 bridgehead atoms. The highest BCUT2D eigenvalue weighted by Crippen LogP contribution is 2.18. The van der Waals surface area contributed by atoms with E-state index in [-0.39, 0.29) is 19.0 Å². The van der Waals surface area contributed by atoms with Crippen LogP contribution in [0.5, 0.6) is 0 Å². The summed E-state index contributed by atoms with van der Waals surface area (Å²) in [6.45, 7) is 0.0290. The van der Waals surface area contributed by atoms with Crippen molar-refractivity contribution in [1.82, 2.24) is 4.98 Å². The Kier molecular flexibility index (Phi) is 2.93. The molecule has 16 heavy (non-hydrogen) atoms. The van der Waals surface area contributed by atoms with Crippen LogP contribution in [0.4, 0.5) is 0 Å². The summed E-state index contributed by atoms with van der Waals surface area (Å²) >= 11 is 0. The quantitative estimate of drug-likeness (QED) is 0.625. The molecular formula is C13H11NO2.